The van der Waals surface area contributed by atoms with Crippen LogP contribution in [0.2, 0.25) is 0 Å². The molecule has 1 saturated heterocycles. The van der Waals surface area contributed by atoms with Gasteiger partial charge in [-0.25, -0.2) is 0 Å². The fourth-order valence-corrected chi connectivity index (χ4v) is 3.27. The number of amides is 1. The highest BCUT2D eigenvalue weighted by molar-refractivity contribution is 8.02. The molecule has 1 amide bonds. The van der Waals surface area contributed by atoms with Crippen LogP contribution in [-0.2, 0) is 19.2 Å². The average molecular weight is 319 g/mol. The minimum atomic E-state index is -4.76. The number of hydrogen-bond donors (Lipinski definition) is 1. The minimum Gasteiger partial charge on any atom is -0.468 e. The Hall–Kier alpha value is -1.70. The third-order valence-corrected chi connectivity index (χ3v) is 4.67. The first-order valence-electron chi connectivity index (χ1n) is 5.93. The van der Waals surface area contributed by atoms with Crippen molar-refractivity contribution in [3.8, 4) is 0 Å². The molecule has 1 heterocycles. The molecule has 1 fully saturated rings. The number of thioether (sulfide) groups is 1. The second-order valence-corrected chi connectivity index (χ2v) is 5.87. The number of carbonyl (C=O) groups excluding carboxylic acids is 2. The lowest BCUT2D eigenvalue weighted by molar-refractivity contribution is -0.172. The number of esters is 1. The molecule has 1 N–H and O–H groups in total. The molecular formula is C13H12F3NO3S. The van der Waals surface area contributed by atoms with Gasteiger partial charge in [-0.2, -0.15) is 13.2 Å². The van der Waals surface area contributed by atoms with E-state index in [4.69, 9.17) is 0 Å². The maximum absolute atomic E-state index is 13.5. The van der Waals surface area contributed by atoms with Gasteiger partial charge in [0.15, 0.2) is 5.25 Å². The zero-order chi connectivity index (χ0) is 15.8. The molecule has 4 nitrogen and oxygen atoms in total. The molecule has 0 aromatic heterocycles. The fraction of sp³-hybridized carbons (Fsp3) is 0.385. The Morgan fingerprint density at radius 1 is 1.33 bits per heavy atom. The summed E-state index contributed by atoms with van der Waals surface area (Å²) < 4.78 is 45.0. The van der Waals surface area contributed by atoms with Crippen LogP contribution in [-0.4, -0.2) is 30.4 Å². The van der Waals surface area contributed by atoms with Gasteiger partial charge < -0.3 is 10.1 Å². The number of aryl methyl sites for hydroxylation is 1. The summed E-state index contributed by atoms with van der Waals surface area (Å²) in [5, 5.41) is 0.363. The third-order valence-electron chi connectivity index (χ3n) is 3.10. The van der Waals surface area contributed by atoms with Crippen molar-refractivity contribution < 1.29 is 27.5 Å². The van der Waals surface area contributed by atoms with Gasteiger partial charge in [0.25, 0.3) is 0 Å². The lowest BCUT2D eigenvalue weighted by Gasteiger charge is -2.31. The van der Waals surface area contributed by atoms with Crippen LogP contribution in [0.1, 0.15) is 11.1 Å². The molecule has 1 aromatic rings. The Kier molecular flexibility index (Phi) is 3.92. The van der Waals surface area contributed by atoms with Crippen molar-refractivity contribution in [2.45, 2.75) is 23.2 Å². The van der Waals surface area contributed by atoms with Crippen molar-refractivity contribution in [2.75, 3.05) is 7.11 Å². The Balaban J connectivity index is 2.49. The van der Waals surface area contributed by atoms with Crippen molar-refractivity contribution >= 4 is 23.6 Å². The maximum atomic E-state index is 13.5. The summed E-state index contributed by atoms with van der Waals surface area (Å²) in [7, 11) is 1.02. The number of halogens is 3. The van der Waals surface area contributed by atoms with E-state index >= 15 is 0 Å². The summed E-state index contributed by atoms with van der Waals surface area (Å²) in [6, 6.07) is 5.60. The monoisotopic (exact) mass is 319 g/mol. The van der Waals surface area contributed by atoms with Crippen LogP contribution < -0.4 is 5.32 Å². The predicted molar refractivity (Wildman–Crippen MR) is 70.4 cm³/mol. The van der Waals surface area contributed by atoms with Crippen LogP contribution in [0.3, 0.4) is 0 Å². The smallest absolute Gasteiger partial charge is 0.425 e. The second-order valence-electron chi connectivity index (χ2n) is 4.56. The fourth-order valence-electron chi connectivity index (χ4n) is 1.99. The molecule has 21 heavy (non-hydrogen) atoms. The van der Waals surface area contributed by atoms with Gasteiger partial charge in [0.1, 0.15) is 0 Å². The lowest BCUT2D eigenvalue weighted by Crippen LogP contribution is -2.49. The van der Waals surface area contributed by atoms with Gasteiger partial charge in [0.05, 0.1) is 7.11 Å². The first kappa shape index (κ1) is 15.7. The number of carbonyl (C=O) groups is 2. The van der Waals surface area contributed by atoms with Crippen molar-refractivity contribution in [1.29, 1.82) is 0 Å². The minimum absolute atomic E-state index is 0.134. The van der Waals surface area contributed by atoms with Crippen LogP contribution in [0.5, 0.6) is 0 Å². The van der Waals surface area contributed by atoms with E-state index in [1.165, 1.54) is 24.3 Å². The SMILES string of the molecule is COC(=O)C1SC(c2ccc(C)cc2)(C(F)(F)F)NC1=O. The molecule has 1 aliphatic rings. The summed E-state index contributed by atoms with van der Waals surface area (Å²) in [5.74, 6) is -2.01. The molecule has 0 aliphatic carbocycles. The first-order valence-corrected chi connectivity index (χ1v) is 6.81. The highest BCUT2D eigenvalue weighted by atomic mass is 32.2. The topological polar surface area (TPSA) is 55.4 Å². The number of alkyl halides is 3. The summed E-state index contributed by atoms with van der Waals surface area (Å²) in [5.41, 5.74) is 0.653. The predicted octanol–water partition coefficient (Wildman–Crippen LogP) is 2.11. The molecule has 2 atom stereocenters. The van der Waals surface area contributed by atoms with E-state index in [0.717, 1.165) is 12.7 Å². The van der Waals surface area contributed by atoms with Gasteiger partial charge in [0.2, 0.25) is 10.8 Å². The number of rotatable bonds is 2. The maximum Gasteiger partial charge on any atom is 0.425 e. The number of hydrogen-bond acceptors (Lipinski definition) is 4. The largest absolute Gasteiger partial charge is 0.468 e. The molecule has 114 valence electrons. The van der Waals surface area contributed by atoms with Crippen LogP contribution in [0.25, 0.3) is 0 Å². The van der Waals surface area contributed by atoms with Crippen molar-refractivity contribution in [2.24, 2.45) is 0 Å². The van der Waals surface area contributed by atoms with Crippen LogP contribution in [0, 0.1) is 6.92 Å². The standard InChI is InChI=1S/C13H12F3NO3S/c1-7-3-5-8(6-4-7)12(13(14,15)16)17-10(18)9(21-12)11(19)20-2/h3-6,9H,1-2H3,(H,17,18). The Bertz CT molecular complexity index is 573. The van der Waals surface area contributed by atoms with Gasteiger partial charge in [-0.1, -0.05) is 41.6 Å². The quantitative estimate of drug-likeness (QED) is 0.670. The normalized spacial score (nSPS) is 25.6. The molecule has 1 aromatic carbocycles. The molecule has 2 rings (SSSR count). The summed E-state index contributed by atoms with van der Waals surface area (Å²) in [6.45, 7) is 1.74. The highest BCUT2D eigenvalue weighted by Crippen LogP contribution is 2.52. The van der Waals surface area contributed by atoms with E-state index in [0.29, 0.717) is 0 Å². The van der Waals surface area contributed by atoms with E-state index < -0.39 is 28.2 Å². The number of nitrogens with one attached hydrogen (secondary N) is 1. The second kappa shape index (κ2) is 5.25. The first-order chi connectivity index (χ1) is 9.71. The van der Waals surface area contributed by atoms with Crippen LogP contribution in [0.15, 0.2) is 24.3 Å². The van der Waals surface area contributed by atoms with Crippen molar-refractivity contribution in [3.05, 3.63) is 35.4 Å². The molecular weight excluding hydrogens is 307 g/mol. The zero-order valence-electron chi connectivity index (χ0n) is 11.2. The molecule has 0 radical (unpaired) electrons. The Morgan fingerprint density at radius 2 is 1.90 bits per heavy atom. The zero-order valence-corrected chi connectivity index (χ0v) is 12.0. The number of ether oxygens (including phenoxy) is 1. The number of methoxy groups -OCH3 is 1. The summed E-state index contributed by atoms with van der Waals surface area (Å²) in [4.78, 5) is 20.6. The number of benzene rings is 1. The van der Waals surface area contributed by atoms with Crippen LogP contribution in [0.4, 0.5) is 13.2 Å². The Labute approximate surface area is 123 Å². The van der Waals surface area contributed by atoms with Crippen molar-refractivity contribution in [1.82, 2.24) is 5.32 Å². The third kappa shape index (κ3) is 2.59. The van der Waals surface area contributed by atoms with Gasteiger partial charge in [-0.15, -0.1) is 0 Å². The van der Waals surface area contributed by atoms with Crippen molar-refractivity contribution in [3.63, 3.8) is 0 Å². The average Bonchev–Trinajstić information content (AvgIpc) is 2.77. The molecule has 0 spiro atoms. The van der Waals surface area contributed by atoms with E-state index in [9.17, 15) is 22.8 Å². The van der Waals surface area contributed by atoms with E-state index in [1.54, 1.807) is 6.92 Å². The molecule has 1 aliphatic heterocycles. The summed E-state index contributed by atoms with van der Waals surface area (Å²) in [6.07, 6.45) is -4.76. The molecule has 0 bridgehead atoms. The molecule has 2 unspecified atom stereocenters. The van der Waals surface area contributed by atoms with Crippen LogP contribution >= 0.6 is 11.8 Å². The van der Waals surface area contributed by atoms with Gasteiger partial charge in [-0.3, -0.25) is 9.59 Å². The van der Waals surface area contributed by atoms with E-state index in [1.807, 2.05) is 5.32 Å². The lowest BCUT2D eigenvalue weighted by atomic mass is 10.0. The molecule has 0 saturated carbocycles. The van der Waals surface area contributed by atoms with Gasteiger partial charge >= 0.3 is 12.1 Å². The Morgan fingerprint density at radius 3 is 2.38 bits per heavy atom. The van der Waals surface area contributed by atoms with E-state index in [2.05, 4.69) is 4.74 Å². The molecule has 8 heteroatoms. The highest BCUT2D eigenvalue weighted by Gasteiger charge is 2.64. The summed E-state index contributed by atoms with van der Waals surface area (Å²) >= 11 is 0.205. The van der Waals surface area contributed by atoms with Gasteiger partial charge in [0, 0.05) is 0 Å². The van der Waals surface area contributed by atoms with E-state index in [-0.39, 0.29) is 17.3 Å². The van der Waals surface area contributed by atoms with Gasteiger partial charge in [-0.05, 0) is 12.5 Å².